The number of hydrogen-bond acceptors (Lipinski definition) is 4. The third-order valence-corrected chi connectivity index (χ3v) is 3.99. The molecule has 1 heterocycles. The van der Waals surface area contributed by atoms with Crippen LogP contribution < -0.4 is 5.32 Å². The van der Waals surface area contributed by atoms with Crippen molar-refractivity contribution in [2.24, 2.45) is 0 Å². The lowest BCUT2D eigenvalue weighted by Gasteiger charge is -2.09. The fourth-order valence-electron chi connectivity index (χ4n) is 2.50. The minimum Gasteiger partial charge on any atom is -0.451 e. The van der Waals surface area contributed by atoms with Gasteiger partial charge in [-0.2, -0.15) is 0 Å². The zero-order chi connectivity index (χ0) is 17.8. The number of benzene rings is 2. The van der Waals surface area contributed by atoms with Gasteiger partial charge in [-0.1, -0.05) is 30.3 Å². The molecule has 25 heavy (non-hydrogen) atoms. The molecule has 1 N–H and O–H groups in total. The maximum Gasteiger partial charge on any atom is 0.358 e. The summed E-state index contributed by atoms with van der Waals surface area (Å²) < 4.78 is 5.11. The highest BCUT2D eigenvalue weighted by molar-refractivity contribution is 6.03. The Labute approximate surface area is 145 Å². The van der Waals surface area contributed by atoms with Gasteiger partial charge in [-0.3, -0.25) is 4.79 Å². The highest BCUT2D eigenvalue weighted by atomic mass is 16.5. The number of carbonyl (C=O) groups excluding carboxylic acids is 2. The highest BCUT2D eigenvalue weighted by Crippen LogP contribution is 2.17. The second kappa shape index (κ2) is 7.13. The first kappa shape index (κ1) is 16.6. The van der Waals surface area contributed by atoms with Crippen molar-refractivity contribution in [3.63, 3.8) is 0 Å². The largest absolute Gasteiger partial charge is 0.451 e. The number of esters is 1. The van der Waals surface area contributed by atoms with Gasteiger partial charge in [0.15, 0.2) is 12.3 Å². The average Bonchev–Trinajstić information content (AvgIpc) is 2.62. The number of nitrogens with zero attached hydrogens (tertiary/aromatic N) is 1. The normalized spacial score (nSPS) is 10.5. The zero-order valence-electron chi connectivity index (χ0n) is 14.1. The molecule has 0 spiro atoms. The van der Waals surface area contributed by atoms with Gasteiger partial charge in [0.2, 0.25) is 0 Å². The van der Waals surface area contributed by atoms with Crippen LogP contribution in [0.25, 0.3) is 10.8 Å². The van der Waals surface area contributed by atoms with Crippen molar-refractivity contribution in [3.05, 3.63) is 71.5 Å². The van der Waals surface area contributed by atoms with Crippen molar-refractivity contribution in [3.8, 4) is 0 Å². The number of nitrogens with one attached hydrogen (secondary N) is 1. The third-order valence-electron chi connectivity index (χ3n) is 3.99. The van der Waals surface area contributed by atoms with E-state index in [9.17, 15) is 9.59 Å². The van der Waals surface area contributed by atoms with Gasteiger partial charge < -0.3 is 10.1 Å². The minimum absolute atomic E-state index is 0.206. The molecule has 3 rings (SSSR count). The molecule has 3 aromatic rings. The van der Waals surface area contributed by atoms with Crippen LogP contribution in [-0.4, -0.2) is 23.5 Å². The molecule has 0 aliphatic rings. The van der Waals surface area contributed by atoms with Gasteiger partial charge in [0.25, 0.3) is 5.91 Å². The van der Waals surface area contributed by atoms with Crippen LogP contribution in [0.3, 0.4) is 0 Å². The predicted molar refractivity (Wildman–Crippen MR) is 96.6 cm³/mol. The second-order valence-electron chi connectivity index (χ2n) is 5.80. The van der Waals surface area contributed by atoms with Gasteiger partial charge >= 0.3 is 5.97 Å². The van der Waals surface area contributed by atoms with E-state index < -0.39 is 11.9 Å². The summed E-state index contributed by atoms with van der Waals surface area (Å²) in [6.45, 7) is 3.60. The molecule has 0 fully saturated rings. The Morgan fingerprint density at radius 1 is 1.04 bits per heavy atom. The smallest absolute Gasteiger partial charge is 0.358 e. The lowest BCUT2D eigenvalue weighted by molar-refractivity contribution is -0.119. The Morgan fingerprint density at radius 2 is 1.84 bits per heavy atom. The number of fused-ring (bicyclic) bond motifs is 1. The van der Waals surface area contributed by atoms with Gasteiger partial charge in [0.05, 0.1) is 0 Å². The number of carbonyl (C=O) groups is 2. The van der Waals surface area contributed by atoms with Crippen molar-refractivity contribution in [1.29, 1.82) is 0 Å². The molecule has 1 aromatic heterocycles. The molecule has 5 heteroatoms. The maximum atomic E-state index is 12.2. The second-order valence-corrected chi connectivity index (χ2v) is 5.80. The zero-order valence-corrected chi connectivity index (χ0v) is 14.1. The summed E-state index contributed by atoms with van der Waals surface area (Å²) in [5.41, 5.74) is 3.10. The Balaban J connectivity index is 1.65. The summed E-state index contributed by atoms with van der Waals surface area (Å²) in [6, 6.07) is 14.8. The van der Waals surface area contributed by atoms with E-state index in [1.165, 1.54) is 0 Å². The fourth-order valence-corrected chi connectivity index (χ4v) is 2.50. The molecule has 0 aliphatic heterocycles. The molecule has 1 amide bonds. The third kappa shape index (κ3) is 3.83. The first-order valence-corrected chi connectivity index (χ1v) is 7.92. The Morgan fingerprint density at radius 3 is 2.64 bits per heavy atom. The molecule has 0 atom stereocenters. The standard InChI is InChI=1S/C20H18N2O3/c1-13-7-8-16(11-14(13)2)22-18(23)12-25-20(24)19-17-6-4-3-5-15(17)9-10-21-19/h3-11H,12H2,1-2H3,(H,22,23). The summed E-state index contributed by atoms with van der Waals surface area (Å²) in [5, 5.41) is 4.31. The van der Waals surface area contributed by atoms with Crippen molar-refractivity contribution >= 4 is 28.3 Å². The van der Waals surface area contributed by atoms with E-state index in [2.05, 4.69) is 10.3 Å². The highest BCUT2D eigenvalue weighted by Gasteiger charge is 2.15. The summed E-state index contributed by atoms with van der Waals surface area (Å²) in [7, 11) is 0. The molecule has 0 saturated heterocycles. The topological polar surface area (TPSA) is 68.3 Å². The van der Waals surface area contributed by atoms with E-state index in [1.54, 1.807) is 12.3 Å². The van der Waals surface area contributed by atoms with Gasteiger partial charge in [-0.25, -0.2) is 9.78 Å². The van der Waals surface area contributed by atoms with Crippen molar-refractivity contribution in [1.82, 2.24) is 4.98 Å². The lowest BCUT2D eigenvalue weighted by atomic mass is 10.1. The van der Waals surface area contributed by atoms with Crippen molar-refractivity contribution in [2.45, 2.75) is 13.8 Å². The van der Waals surface area contributed by atoms with Crippen LogP contribution in [0.5, 0.6) is 0 Å². The van der Waals surface area contributed by atoms with Gasteiger partial charge in [-0.05, 0) is 48.6 Å². The van der Waals surface area contributed by atoms with Gasteiger partial charge in [0, 0.05) is 17.3 Å². The van der Waals surface area contributed by atoms with Crippen LogP contribution in [0, 0.1) is 13.8 Å². The van der Waals surface area contributed by atoms with E-state index >= 15 is 0 Å². The van der Waals surface area contributed by atoms with Crippen LogP contribution in [0.4, 0.5) is 5.69 Å². The van der Waals surface area contributed by atoms with Crippen LogP contribution in [0.15, 0.2) is 54.7 Å². The average molecular weight is 334 g/mol. The minimum atomic E-state index is -0.618. The number of rotatable bonds is 4. The van der Waals surface area contributed by atoms with Crippen molar-refractivity contribution < 1.29 is 14.3 Å². The van der Waals surface area contributed by atoms with Gasteiger partial charge in [-0.15, -0.1) is 0 Å². The molecular weight excluding hydrogens is 316 g/mol. The van der Waals surface area contributed by atoms with Gasteiger partial charge in [0.1, 0.15) is 0 Å². The van der Waals surface area contributed by atoms with Crippen LogP contribution in [0.1, 0.15) is 21.6 Å². The molecule has 2 aromatic carbocycles. The first-order chi connectivity index (χ1) is 12.0. The van der Waals surface area contributed by atoms with Crippen molar-refractivity contribution in [2.75, 3.05) is 11.9 Å². The molecule has 0 bridgehead atoms. The predicted octanol–water partition coefficient (Wildman–Crippen LogP) is 3.65. The maximum absolute atomic E-state index is 12.2. The number of pyridine rings is 1. The van der Waals surface area contributed by atoms with Crippen LogP contribution >= 0.6 is 0 Å². The number of aryl methyl sites for hydroxylation is 2. The van der Waals surface area contributed by atoms with E-state index in [4.69, 9.17) is 4.74 Å². The Bertz CT molecular complexity index is 945. The molecule has 0 radical (unpaired) electrons. The Hall–Kier alpha value is -3.21. The molecule has 0 unspecified atom stereocenters. The summed E-state index contributed by atoms with van der Waals surface area (Å²) >= 11 is 0. The lowest BCUT2D eigenvalue weighted by Crippen LogP contribution is -2.21. The molecular formula is C20H18N2O3. The SMILES string of the molecule is Cc1ccc(NC(=O)COC(=O)c2nccc3ccccc23)cc1C. The quantitative estimate of drug-likeness (QED) is 0.740. The van der Waals surface area contributed by atoms with E-state index in [0.717, 1.165) is 16.5 Å². The van der Waals surface area contributed by atoms with Crippen LogP contribution in [0.2, 0.25) is 0 Å². The monoisotopic (exact) mass is 334 g/mol. The number of hydrogen-bond donors (Lipinski definition) is 1. The summed E-state index contributed by atoms with van der Waals surface area (Å²) in [5.74, 6) is -1.01. The first-order valence-electron chi connectivity index (χ1n) is 7.92. The summed E-state index contributed by atoms with van der Waals surface area (Å²) in [4.78, 5) is 28.3. The molecule has 5 nitrogen and oxygen atoms in total. The number of ether oxygens (including phenoxy) is 1. The fraction of sp³-hybridized carbons (Fsp3) is 0.150. The molecule has 0 saturated carbocycles. The number of aromatic nitrogens is 1. The Kier molecular flexibility index (Phi) is 4.75. The van der Waals surface area contributed by atoms with E-state index in [-0.39, 0.29) is 12.3 Å². The van der Waals surface area contributed by atoms with Crippen LogP contribution in [-0.2, 0) is 9.53 Å². The molecule has 0 aliphatic carbocycles. The molecule has 126 valence electrons. The number of anilines is 1. The summed E-state index contributed by atoms with van der Waals surface area (Å²) in [6.07, 6.45) is 1.55. The van der Waals surface area contributed by atoms with E-state index in [1.807, 2.05) is 56.3 Å². The number of amides is 1. The van der Waals surface area contributed by atoms with E-state index in [0.29, 0.717) is 11.1 Å².